The van der Waals surface area contributed by atoms with Gasteiger partial charge in [0.2, 0.25) is 11.8 Å². The average molecular weight is 240 g/mol. The second-order valence-electron chi connectivity index (χ2n) is 5.43. The third-order valence-electron chi connectivity index (χ3n) is 3.47. The van der Waals surface area contributed by atoms with Crippen molar-refractivity contribution in [1.82, 2.24) is 10.2 Å². The quantitative estimate of drug-likeness (QED) is 0.807. The van der Waals surface area contributed by atoms with Gasteiger partial charge in [0.25, 0.3) is 0 Å². The van der Waals surface area contributed by atoms with Gasteiger partial charge < -0.3 is 10.2 Å². The van der Waals surface area contributed by atoms with Crippen molar-refractivity contribution in [2.45, 2.75) is 53.1 Å². The minimum Gasteiger partial charge on any atom is -0.342 e. The Morgan fingerprint density at radius 2 is 1.88 bits per heavy atom. The van der Waals surface area contributed by atoms with Crippen LogP contribution in [0, 0.1) is 11.8 Å². The lowest BCUT2D eigenvalue weighted by molar-refractivity contribution is -0.150. The van der Waals surface area contributed by atoms with Crippen molar-refractivity contribution in [2.75, 3.05) is 6.54 Å². The molecule has 0 saturated carbocycles. The Hall–Kier alpha value is -1.06. The second kappa shape index (κ2) is 5.52. The first-order chi connectivity index (χ1) is 7.88. The Morgan fingerprint density at radius 3 is 2.35 bits per heavy atom. The molecule has 0 bridgehead atoms. The van der Waals surface area contributed by atoms with Crippen LogP contribution < -0.4 is 5.32 Å². The molecule has 4 nitrogen and oxygen atoms in total. The molecule has 4 heteroatoms. The summed E-state index contributed by atoms with van der Waals surface area (Å²) in [5.74, 6) is 0.606. The predicted octanol–water partition coefficient (Wildman–Crippen LogP) is 1.40. The van der Waals surface area contributed by atoms with Gasteiger partial charge in [0.15, 0.2) is 0 Å². The molecular formula is C13H24N2O2. The molecule has 0 radical (unpaired) electrons. The van der Waals surface area contributed by atoms with Gasteiger partial charge in [0.05, 0.1) is 0 Å². The topological polar surface area (TPSA) is 49.4 Å². The second-order valence-corrected chi connectivity index (χ2v) is 5.43. The molecule has 0 aliphatic carbocycles. The van der Waals surface area contributed by atoms with E-state index < -0.39 is 0 Å². The van der Waals surface area contributed by atoms with Crippen LogP contribution in [0.15, 0.2) is 0 Å². The fourth-order valence-corrected chi connectivity index (χ4v) is 2.11. The van der Waals surface area contributed by atoms with Crippen molar-refractivity contribution in [2.24, 2.45) is 11.8 Å². The summed E-state index contributed by atoms with van der Waals surface area (Å²) >= 11 is 0. The van der Waals surface area contributed by atoms with Gasteiger partial charge in [-0.05, 0) is 18.8 Å². The maximum atomic E-state index is 12.3. The summed E-state index contributed by atoms with van der Waals surface area (Å²) < 4.78 is 0. The number of carbonyl (C=O) groups is 2. The standard InChI is InChI=1S/C13H24N2O2/c1-6-9(4)11-13(17)15(7-8(2)3)10(5)12(16)14-11/h8-11H,6-7H2,1-5H3,(H,14,16). The number of piperazine rings is 1. The Balaban J connectivity index is 2.87. The highest BCUT2D eigenvalue weighted by atomic mass is 16.2. The van der Waals surface area contributed by atoms with Crippen LogP contribution in [0.1, 0.15) is 41.0 Å². The predicted molar refractivity (Wildman–Crippen MR) is 67.4 cm³/mol. The summed E-state index contributed by atoms with van der Waals surface area (Å²) in [6, 6.07) is -0.687. The van der Waals surface area contributed by atoms with Gasteiger partial charge in [-0.1, -0.05) is 34.1 Å². The van der Waals surface area contributed by atoms with Crippen LogP contribution in [-0.2, 0) is 9.59 Å². The first kappa shape index (κ1) is 14.0. The van der Waals surface area contributed by atoms with E-state index in [1.165, 1.54) is 0 Å². The van der Waals surface area contributed by atoms with Crippen molar-refractivity contribution < 1.29 is 9.59 Å². The number of nitrogens with one attached hydrogen (secondary N) is 1. The smallest absolute Gasteiger partial charge is 0.246 e. The van der Waals surface area contributed by atoms with Crippen molar-refractivity contribution >= 4 is 11.8 Å². The fraction of sp³-hybridized carbons (Fsp3) is 0.846. The van der Waals surface area contributed by atoms with Crippen LogP contribution in [0.25, 0.3) is 0 Å². The Morgan fingerprint density at radius 1 is 1.29 bits per heavy atom. The Kier molecular flexibility index (Phi) is 4.54. The van der Waals surface area contributed by atoms with E-state index in [1.54, 1.807) is 11.8 Å². The summed E-state index contributed by atoms with van der Waals surface area (Å²) in [4.78, 5) is 25.9. The van der Waals surface area contributed by atoms with Gasteiger partial charge >= 0.3 is 0 Å². The van der Waals surface area contributed by atoms with Crippen LogP contribution in [-0.4, -0.2) is 35.3 Å². The Labute approximate surface area is 104 Å². The molecule has 1 aliphatic rings. The van der Waals surface area contributed by atoms with Crippen LogP contribution in [0.2, 0.25) is 0 Å². The van der Waals surface area contributed by atoms with E-state index in [0.29, 0.717) is 12.5 Å². The summed E-state index contributed by atoms with van der Waals surface area (Å²) in [6.45, 7) is 10.6. The molecule has 17 heavy (non-hydrogen) atoms. The van der Waals surface area contributed by atoms with Crippen LogP contribution in [0.4, 0.5) is 0 Å². The first-order valence-electron chi connectivity index (χ1n) is 6.49. The monoisotopic (exact) mass is 240 g/mol. The third-order valence-corrected chi connectivity index (χ3v) is 3.47. The molecule has 2 amide bonds. The van der Waals surface area contributed by atoms with E-state index in [1.807, 2.05) is 13.8 Å². The summed E-state index contributed by atoms with van der Waals surface area (Å²) in [5.41, 5.74) is 0. The van der Waals surface area contributed by atoms with E-state index in [2.05, 4.69) is 19.2 Å². The highest BCUT2D eigenvalue weighted by Gasteiger charge is 2.39. The molecule has 98 valence electrons. The lowest BCUT2D eigenvalue weighted by atomic mass is 9.94. The van der Waals surface area contributed by atoms with E-state index in [-0.39, 0.29) is 29.8 Å². The number of hydrogen-bond acceptors (Lipinski definition) is 2. The Bertz CT molecular complexity index is 302. The minimum atomic E-state index is -0.345. The largest absolute Gasteiger partial charge is 0.342 e. The zero-order valence-electron chi connectivity index (χ0n) is 11.5. The van der Waals surface area contributed by atoms with Crippen molar-refractivity contribution in [1.29, 1.82) is 0 Å². The average Bonchev–Trinajstić information content (AvgIpc) is 2.28. The molecule has 0 aromatic heterocycles. The molecule has 3 atom stereocenters. The summed E-state index contributed by atoms with van der Waals surface area (Å²) in [7, 11) is 0. The fourth-order valence-electron chi connectivity index (χ4n) is 2.11. The number of hydrogen-bond donors (Lipinski definition) is 1. The zero-order chi connectivity index (χ0) is 13.2. The lowest BCUT2D eigenvalue weighted by Crippen LogP contribution is -2.64. The van der Waals surface area contributed by atoms with Gasteiger partial charge in [-0.2, -0.15) is 0 Å². The van der Waals surface area contributed by atoms with E-state index in [4.69, 9.17) is 0 Å². The summed E-state index contributed by atoms with van der Waals surface area (Å²) in [5, 5.41) is 2.84. The third kappa shape index (κ3) is 2.99. The van der Waals surface area contributed by atoms with Gasteiger partial charge in [0.1, 0.15) is 12.1 Å². The van der Waals surface area contributed by atoms with Gasteiger partial charge in [-0.3, -0.25) is 9.59 Å². The molecule has 1 fully saturated rings. The van der Waals surface area contributed by atoms with Crippen molar-refractivity contribution in [3.05, 3.63) is 0 Å². The van der Waals surface area contributed by atoms with Crippen LogP contribution in [0.3, 0.4) is 0 Å². The SMILES string of the molecule is CCC(C)C1NC(=O)C(C)N(CC(C)C)C1=O. The molecule has 1 heterocycles. The maximum absolute atomic E-state index is 12.3. The number of carbonyl (C=O) groups excluding carboxylic acids is 2. The number of nitrogens with zero attached hydrogens (tertiary/aromatic N) is 1. The molecule has 1 saturated heterocycles. The molecule has 0 aromatic carbocycles. The molecule has 0 spiro atoms. The molecule has 1 rings (SSSR count). The number of amides is 2. The van der Waals surface area contributed by atoms with Crippen LogP contribution in [0.5, 0.6) is 0 Å². The van der Waals surface area contributed by atoms with Gasteiger partial charge in [0, 0.05) is 6.54 Å². The van der Waals surface area contributed by atoms with E-state index >= 15 is 0 Å². The van der Waals surface area contributed by atoms with Crippen molar-refractivity contribution in [3.8, 4) is 0 Å². The van der Waals surface area contributed by atoms with Crippen molar-refractivity contribution in [3.63, 3.8) is 0 Å². The van der Waals surface area contributed by atoms with E-state index in [9.17, 15) is 9.59 Å². The normalized spacial score (nSPS) is 27.3. The maximum Gasteiger partial charge on any atom is 0.246 e. The van der Waals surface area contributed by atoms with E-state index in [0.717, 1.165) is 6.42 Å². The molecule has 3 unspecified atom stereocenters. The highest BCUT2D eigenvalue weighted by Crippen LogP contribution is 2.18. The molecule has 1 aliphatic heterocycles. The minimum absolute atomic E-state index is 0.0319. The molecule has 0 aromatic rings. The van der Waals surface area contributed by atoms with Gasteiger partial charge in [-0.15, -0.1) is 0 Å². The first-order valence-corrected chi connectivity index (χ1v) is 6.49. The number of rotatable bonds is 4. The molecular weight excluding hydrogens is 216 g/mol. The summed E-state index contributed by atoms with van der Waals surface area (Å²) in [6.07, 6.45) is 0.889. The lowest BCUT2D eigenvalue weighted by Gasteiger charge is -2.40. The zero-order valence-corrected chi connectivity index (χ0v) is 11.5. The van der Waals surface area contributed by atoms with Gasteiger partial charge in [-0.25, -0.2) is 0 Å². The molecule has 1 N–H and O–H groups in total. The van der Waals surface area contributed by atoms with Crippen LogP contribution >= 0.6 is 0 Å². The highest BCUT2D eigenvalue weighted by molar-refractivity contribution is 5.96.